The summed E-state index contributed by atoms with van der Waals surface area (Å²) in [6, 6.07) is 8.73. The number of hydrogen-bond acceptors (Lipinski definition) is 23. The molecule has 7 heterocycles. The number of halogens is 2. The van der Waals surface area contributed by atoms with Gasteiger partial charge in [-0.05, 0) is 155 Å². The molecule has 0 aromatic heterocycles. The Morgan fingerprint density at radius 2 is 1.44 bits per heavy atom. The number of carbonyl (C=O) groups excluding carboxylic acids is 9. The van der Waals surface area contributed by atoms with E-state index in [1.54, 1.807) is 34.6 Å². The number of phenols is 3. The van der Waals surface area contributed by atoms with Crippen molar-refractivity contribution in [2.45, 2.75) is 189 Å². The lowest BCUT2D eigenvalue weighted by Crippen LogP contribution is -2.70. The number of carbonyl (C=O) groups is 9. The number of aromatic hydroxyl groups is 3. The zero-order chi connectivity index (χ0) is 77.0. The first-order valence-electron chi connectivity index (χ1n) is 34.5. The molecule has 5 aromatic carbocycles. The van der Waals surface area contributed by atoms with Crippen molar-refractivity contribution >= 4 is 76.4 Å². The summed E-state index contributed by atoms with van der Waals surface area (Å²) in [7, 11) is 0. The first kappa shape index (κ1) is 77.5. The Kier molecular flexibility index (Phi) is 22.2. The lowest BCUT2D eigenvalue weighted by Gasteiger charge is -2.43. The maximum absolute atomic E-state index is 16.2. The largest absolute Gasteiger partial charge is 0.508 e. The van der Waals surface area contributed by atoms with Crippen LogP contribution in [0.2, 0.25) is 10.0 Å². The SMILES string of the molecule is CC(C)CC(CNC(=O)OC(C)(C)C)C(=O)NC1(C)C(=O)NC(CC(N)=O)C(=O)NC2C(=O)NC3CCC(=O)NC4(NC4c4ccc(c(Cl)c4)Oc4cc2cc(c4OC2OC(CO)C(O)C(O)C2O)Oc2ccc(cc2Cl)C1(C)O)C(=O)CC(C(=O)NC1CCC1)c1cc(O)cc(O)c1-c1cc3ccc1O. The van der Waals surface area contributed by atoms with E-state index >= 15 is 19.2 Å². The first-order chi connectivity index (χ1) is 49.9. The summed E-state index contributed by atoms with van der Waals surface area (Å²) < 4.78 is 31.0. The number of phenolic OH excluding ortho intramolecular Hbond substituents is 3. The van der Waals surface area contributed by atoms with Crippen molar-refractivity contribution in [2.75, 3.05) is 13.2 Å². The normalized spacial score (nSPS) is 27.8. The summed E-state index contributed by atoms with van der Waals surface area (Å²) >= 11 is 14.4. The first-order valence-corrected chi connectivity index (χ1v) is 35.3. The number of aliphatic hydroxyl groups is 5. The van der Waals surface area contributed by atoms with Gasteiger partial charge in [-0.25, -0.2) is 4.79 Å². The van der Waals surface area contributed by atoms with Crippen LogP contribution in [0.4, 0.5) is 4.79 Å². The van der Waals surface area contributed by atoms with Gasteiger partial charge in [-0.3, -0.25) is 43.7 Å². The zero-order valence-electron chi connectivity index (χ0n) is 58.7. The summed E-state index contributed by atoms with van der Waals surface area (Å²) in [6.45, 7) is 9.41. The molecule has 5 aromatic rings. The molecule has 18 N–H and O–H groups in total. The van der Waals surface area contributed by atoms with Gasteiger partial charge in [-0.15, -0.1) is 0 Å². The van der Waals surface area contributed by atoms with Crippen LogP contribution in [0.3, 0.4) is 0 Å². The lowest BCUT2D eigenvalue weighted by molar-refractivity contribution is -0.277. The van der Waals surface area contributed by atoms with Crippen molar-refractivity contribution in [3.05, 3.63) is 117 Å². The van der Waals surface area contributed by atoms with Crippen LogP contribution in [0.1, 0.15) is 152 Å². The van der Waals surface area contributed by atoms with Crippen LogP contribution in [0.5, 0.6) is 46.0 Å². The number of alkyl carbamates (subject to hydrolysis) is 1. The number of nitrogens with two attached hydrogens (primary N) is 1. The van der Waals surface area contributed by atoms with E-state index in [-0.39, 0.29) is 91.8 Å². The van der Waals surface area contributed by atoms with Crippen LogP contribution in [0.25, 0.3) is 11.1 Å². The Balaban J connectivity index is 1.13. The molecule has 0 radical (unpaired) electrons. The molecule has 2 saturated heterocycles. The fourth-order valence-electron chi connectivity index (χ4n) is 13.7. The molecular formula is C73H85Cl2N9O22. The molecule has 13 rings (SSSR count). The van der Waals surface area contributed by atoms with Gasteiger partial charge in [0, 0.05) is 42.6 Å². The Morgan fingerprint density at radius 1 is 0.774 bits per heavy atom. The van der Waals surface area contributed by atoms with Gasteiger partial charge in [0.05, 0.1) is 47.0 Å². The molecule has 3 fully saturated rings. The highest BCUT2D eigenvalue weighted by Gasteiger charge is 2.62. The number of amides is 8. The molecule has 8 amide bonds. The van der Waals surface area contributed by atoms with Crippen LogP contribution >= 0.6 is 23.2 Å². The van der Waals surface area contributed by atoms with Gasteiger partial charge >= 0.3 is 6.09 Å². The molecule has 8 aliphatic rings. The van der Waals surface area contributed by atoms with E-state index < -0.39 is 203 Å². The van der Waals surface area contributed by atoms with Crippen molar-refractivity contribution in [3.8, 4) is 57.1 Å². The summed E-state index contributed by atoms with van der Waals surface area (Å²) in [5.74, 6) is -15.2. The summed E-state index contributed by atoms with van der Waals surface area (Å²) in [5, 5.41) is 114. The van der Waals surface area contributed by atoms with Crippen molar-refractivity contribution in [1.29, 1.82) is 0 Å². The fourth-order valence-corrected chi connectivity index (χ4v) is 14.1. The number of ketones is 1. The molecule has 1 saturated carbocycles. The van der Waals surface area contributed by atoms with E-state index in [1.165, 1.54) is 48.5 Å². The molecule has 31 nitrogen and oxygen atoms in total. The van der Waals surface area contributed by atoms with Gasteiger partial charge in [0.15, 0.2) is 22.9 Å². The van der Waals surface area contributed by atoms with Crippen molar-refractivity contribution in [2.24, 2.45) is 17.6 Å². The minimum absolute atomic E-state index is 0.0779. The zero-order valence-corrected chi connectivity index (χ0v) is 60.2. The number of benzene rings is 5. The molecule has 33 heteroatoms. The number of hydrogen-bond donors (Lipinski definition) is 17. The predicted octanol–water partition coefficient (Wildman–Crippen LogP) is 4.17. The van der Waals surface area contributed by atoms with E-state index in [0.29, 0.717) is 12.8 Å². The van der Waals surface area contributed by atoms with Gasteiger partial charge in [-0.2, -0.15) is 0 Å². The molecule has 106 heavy (non-hydrogen) atoms. The van der Waals surface area contributed by atoms with Gasteiger partial charge in [0.2, 0.25) is 53.4 Å². The third-order valence-corrected chi connectivity index (χ3v) is 20.5. The smallest absolute Gasteiger partial charge is 0.407 e. The van der Waals surface area contributed by atoms with E-state index in [4.69, 9.17) is 52.6 Å². The van der Waals surface area contributed by atoms with E-state index in [2.05, 4.69) is 42.5 Å². The quantitative estimate of drug-likeness (QED) is 0.0735. The number of aliphatic hydroxyl groups excluding tert-OH is 4. The Labute approximate surface area is 617 Å². The van der Waals surface area contributed by atoms with Gasteiger partial charge in [-0.1, -0.05) is 55.2 Å². The standard InChI is InChI=1S/C73H85Cl2N9O22/c1-31(2)19-35(29-77-69(100)106-70(3,4)5)63(95)84-71(6)68(99)80-45(28-54(76)90)65(97)81-57-34-22-50(61(105-67-60(94)59(93)58(92)52(30-85)104-67)51(23-34)103-49-17-13-36(24-43(49)75)72(71,7)101)102-48-16-12-33(21-42(48)74)62-73(83-62)53(89)27-40(64(96)78-37-9-8-10-37)39-25-38(86)26-47(88)56(39)41-20-32(11-15-46(41)87)44(79-66(57)98)14-18-55(91)82-73/h11-13,15-17,20-26,31,35,37,40,44-45,52,57-60,62,67,83,85-88,92-94,101H,8-10,14,18-19,27-30H2,1-7H3,(H2,76,90)(H,77,100)(H,78,96)(H,79,98)(H,80,99)(H,81,97)(H,82,91)(H,84,95). The third kappa shape index (κ3) is 16.1. The number of rotatable bonds is 13. The van der Waals surface area contributed by atoms with E-state index in [0.717, 1.165) is 50.6 Å². The Morgan fingerprint density at radius 3 is 2.07 bits per heavy atom. The molecule has 7 aliphatic heterocycles. The third-order valence-electron chi connectivity index (χ3n) is 19.9. The number of Topliss-reactive ketones (excluding diaryl/α,β-unsaturated/α-hetero) is 1. The maximum atomic E-state index is 16.2. The molecule has 11 bridgehead atoms. The van der Waals surface area contributed by atoms with Gasteiger partial charge in [0.1, 0.15) is 82.0 Å². The lowest BCUT2D eigenvalue weighted by atomic mass is 9.75. The highest BCUT2D eigenvalue weighted by molar-refractivity contribution is 6.32. The number of ether oxygens (including phenoxy) is 5. The number of primary amides is 1. The topological polar surface area (TPSA) is 494 Å². The van der Waals surface area contributed by atoms with Crippen LogP contribution in [0, 0.1) is 11.8 Å². The Hall–Kier alpha value is -9.57. The summed E-state index contributed by atoms with van der Waals surface area (Å²) in [5.41, 5.74) is -3.18. The van der Waals surface area contributed by atoms with Crippen molar-refractivity contribution in [3.63, 3.8) is 0 Å². The van der Waals surface area contributed by atoms with Crippen molar-refractivity contribution < 1.29 is 108 Å². The fraction of sp³-hybridized carbons (Fsp3) is 0.466. The summed E-state index contributed by atoms with van der Waals surface area (Å²) in [6.07, 6.45) is -11.2. The average Bonchev–Trinajstić information content (AvgIpc) is 1.51. The predicted molar refractivity (Wildman–Crippen MR) is 376 cm³/mol. The minimum atomic E-state index is -2.64. The van der Waals surface area contributed by atoms with Crippen LogP contribution in [-0.4, -0.2) is 167 Å². The minimum Gasteiger partial charge on any atom is -0.508 e. The molecule has 1 spiro atoms. The highest BCUT2D eigenvalue weighted by Crippen LogP contribution is 2.52. The maximum Gasteiger partial charge on any atom is 0.407 e. The van der Waals surface area contributed by atoms with Crippen LogP contribution < -0.4 is 62.5 Å². The van der Waals surface area contributed by atoms with Gasteiger partial charge < -0.3 is 107 Å². The molecule has 14 atom stereocenters. The second-order valence-electron chi connectivity index (χ2n) is 29.3. The van der Waals surface area contributed by atoms with Gasteiger partial charge in [0.25, 0.3) is 0 Å². The average molecular weight is 1510 g/mol. The highest BCUT2D eigenvalue weighted by atomic mass is 35.5. The number of fused-ring (bicyclic) bond motifs is 15. The molecular weight excluding hydrogens is 1430 g/mol. The van der Waals surface area contributed by atoms with Crippen molar-refractivity contribution in [1.82, 2.24) is 42.5 Å². The Bertz CT molecular complexity index is 4340. The molecule has 1 aliphatic carbocycles. The summed E-state index contributed by atoms with van der Waals surface area (Å²) in [4.78, 5) is 134. The second kappa shape index (κ2) is 30.4. The number of nitrogens with one attached hydrogen (secondary N) is 8. The molecule has 14 unspecified atom stereocenters. The van der Waals surface area contributed by atoms with E-state index in [9.17, 15) is 64.8 Å². The molecule has 568 valence electrons. The second-order valence-corrected chi connectivity index (χ2v) is 30.1. The van der Waals surface area contributed by atoms with Crippen LogP contribution in [0.15, 0.2) is 78.9 Å². The van der Waals surface area contributed by atoms with E-state index in [1.807, 2.05) is 0 Å². The van der Waals surface area contributed by atoms with Crippen LogP contribution in [-0.2, 0) is 53.4 Å². The monoisotopic (exact) mass is 1510 g/mol.